The molecule has 0 radical (unpaired) electrons. The van der Waals surface area contributed by atoms with E-state index in [0.717, 1.165) is 11.3 Å². The molecule has 0 N–H and O–H groups in total. The van der Waals surface area contributed by atoms with Gasteiger partial charge in [0.2, 0.25) is 0 Å². The van der Waals surface area contributed by atoms with Gasteiger partial charge >= 0.3 is 5.97 Å². The molecule has 1 unspecified atom stereocenters. The predicted molar refractivity (Wildman–Crippen MR) is 113 cm³/mol. The zero-order valence-electron chi connectivity index (χ0n) is 17.4. The Hall–Kier alpha value is -3.74. The van der Waals surface area contributed by atoms with Crippen molar-refractivity contribution in [1.29, 1.82) is 0 Å². The van der Waals surface area contributed by atoms with Crippen LogP contribution in [0.25, 0.3) is 5.76 Å². The number of ether oxygens (including phenoxy) is 5. The molecule has 1 aromatic carbocycles. The third kappa shape index (κ3) is 7.54. The molecular formula is C24H26NO6+. The molecule has 1 atom stereocenters. The zero-order chi connectivity index (χ0) is 21.7. The van der Waals surface area contributed by atoms with E-state index in [4.69, 9.17) is 23.7 Å². The number of aryl methyl sites for hydroxylation is 1. The monoisotopic (exact) mass is 424 g/mol. The van der Waals surface area contributed by atoms with Crippen LogP contribution in [0.4, 0.5) is 0 Å². The Morgan fingerprint density at radius 2 is 1.90 bits per heavy atom. The highest BCUT2D eigenvalue weighted by atomic mass is 16.6. The van der Waals surface area contributed by atoms with Crippen LogP contribution in [0, 0.1) is 0 Å². The van der Waals surface area contributed by atoms with E-state index in [1.54, 1.807) is 47.6 Å². The van der Waals surface area contributed by atoms with Crippen LogP contribution in [0.3, 0.4) is 0 Å². The van der Waals surface area contributed by atoms with Gasteiger partial charge in [-0.25, -0.2) is 9.36 Å². The van der Waals surface area contributed by atoms with Crippen LogP contribution < -0.4 is 4.57 Å². The summed E-state index contributed by atoms with van der Waals surface area (Å²) >= 11 is 0. The normalized spacial score (nSPS) is 15.8. The fraction of sp³-hybridized carbons (Fsp3) is 0.250. The Balaban J connectivity index is 1.24. The van der Waals surface area contributed by atoms with Crippen molar-refractivity contribution < 1.29 is 33.0 Å². The molecule has 7 nitrogen and oxygen atoms in total. The Morgan fingerprint density at radius 3 is 2.68 bits per heavy atom. The smallest absolute Gasteiger partial charge is 0.344 e. The van der Waals surface area contributed by atoms with E-state index in [9.17, 15) is 4.79 Å². The molecule has 0 saturated carbocycles. The summed E-state index contributed by atoms with van der Waals surface area (Å²) in [5.74, 6) is 0.338. The molecule has 0 aliphatic carbocycles. The van der Waals surface area contributed by atoms with E-state index < -0.39 is 0 Å². The molecule has 1 aliphatic rings. The van der Waals surface area contributed by atoms with Crippen LogP contribution in [-0.2, 0) is 30.7 Å². The third-order valence-corrected chi connectivity index (χ3v) is 4.20. The van der Waals surface area contributed by atoms with Crippen molar-refractivity contribution in [2.24, 2.45) is 7.05 Å². The maximum absolute atomic E-state index is 11.9. The van der Waals surface area contributed by atoms with Gasteiger partial charge in [0.05, 0.1) is 12.5 Å². The third-order valence-electron chi connectivity index (χ3n) is 4.20. The van der Waals surface area contributed by atoms with Crippen molar-refractivity contribution in [2.75, 3.05) is 26.4 Å². The molecule has 31 heavy (non-hydrogen) atoms. The first-order valence-electron chi connectivity index (χ1n) is 9.92. The molecule has 2 aromatic rings. The van der Waals surface area contributed by atoms with Crippen LogP contribution in [0.1, 0.15) is 15.9 Å². The lowest BCUT2D eigenvalue weighted by Gasteiger charge is -2.23. The Morgan fingerprint density at radius 1 is 1.10 bits per heavy atom. The summed E-state index contributed by atoms with van der Waals surface area (Å²) in [5.41, 5.74) is 1.48. The Labute approximate surface area is 181 Å². The summed E-state index contributed by atoms with van der Waals surface area (Å²) in [7, 11) is 1.84. The predicted octanol–water partition coefficient (Wildman–Crippen LogP) is 3.14. The number of nitrogens with zero attached hydrogens (tertiary/aromatic N) is 1. The molecule has 0 amide bonds. The highest BCUT2D eigenvalue weighted by Crippen LogP contribution is 2.20. The van der Waals surface area contributed by atoms with Gasteiger partial charge in [-0.3, -0.25) is 0 Å². The number of benzene rings is 1. The second kappa shape index (κ2) is 12.1. The SMILES string of the molecule is C[n+]1cccc(C(=O)OC/C=C/OC/C=C/OCC2COC(c3ccccc3)=CO2)c1. The van der Waals surface area contributed by atoms with Crippen molar-refractivity contribution in [2.45, 2.75) is 6.10 Å². The quantitative estimate of drug-likeness (QED) is 0.253. The highest BCUT2D eigenvalue weighted by molar-refractivity contribution is 5.88. The number of pyridine rings is 1. The molecule has 3 rings (SSSR count). The van der Waals surface area contributed by atoms with Gasteiger partial charge in [-0.15, -0.1) is 0 Å². The number of esters is 1. The van der Waals surface area contributed by atoms with Crippen LogP contribution >= 0.6 is 0 Å². The number of hydrogen-bond acceptors (Lipinski definition) is 6. The van der Waals surface area contributed by atoms with Gasteiger partial charge in [0.1, 0.15) is 45.3 Å². The molecule has 2 heterocycles. The van der Waals surface area contributed by atoms with Crippen molar-refractivity contribution in [3.05, 3.63) is 96.9 Å². The van der Waals surface area contributed by atoms with Gasteiger partial charge in [-0.05, 0) is 18.2 Å². The van der Waals surface area contributed by atoms with Crippen molar-refractivity contribution in [1.82, 2.24) is 0 Å². The fourth-order valence-electron chi connectivity index (χ4n) is 2.66. The van der Waals surface area contributed by atoms with Gasteiger partial charge in [0.15, 0.2) is 24.3 Å². The van der Waals surface area contributed by atoms with Gasteiger partial charge < -0.3 is 23.7 Å². The Bertz CT molecular complexity index is 923. The average Bonchev–Trinajstić information content (AvgIpc) is 2.81. The van der Waals surface area contributed by atoms with E-state index in [1.807, 2.05) is 43.6 Å². The van der Waals surface area contributed by atoms with E-state index in [0.29, 0.717) is 25.4 Å². The fourth-order valence-corrected chi connectivity index (χ4v) is 2.66. The standard InChI is InChI=1S/C24H26NO6/c1-25-11-5-10-21(16-25)24(26)29-15-7-13-27-12-6-14-28-17-22-18-31-23(19-30-22)20-8-3-2-4-9-20/h2-11,13-14,16,19,22H,12,15,17-18H2,1H3/q+1/b13-7+,14-6+. The van der Waals surface area contributed by atoms with Crippen LogP contribution in [-0.4, -0.2) is 38.5 Å². The molecule has 0 bridgehead atoms. The lowest BCUT2D eigenvalue weighted by atomic mass is 10.2. The average molecular weight is 424 g/mol. The molecular weight excluding hydrogens is 398 g/mol. The van der Waals surface area contributed by atoms with Crippen molar-refractivity contribution in [3.63, 3.8) is 0 Å². The summed E-state index contributed by atoms with van der Waals surface area (Å²) in [4.78, 5) is 11.9. The topological polar surface area (TPSA) is 67.1 Å². The maximum atomic E-state index is 11.9. The van der Waals surface area contributed by atoms with Gasteiger partial charge in [-0.2, -0.15) is 0 Å². The molecule has 162 valence electrons. The van der Waals surface area contributed by atoms with Crippen LogP contribution in [0.15, 0.2) is 85.8 Å². The molecule has 0 spiro atoms. The summed E-state index contributed by atoms with van der Waals surface area (Å²) in [6.45, 7) is 1.26. The van der Waals surface area contributed by atoms with Crippen LogP contribution in [0.5, 0.6) is 0 Å². The van der Waals surface area contributed by atoms with Gasteiger partial charge in [0, 0.05) is 11.6 Å². The lowest BCUT2D eigenvalue weighted by Crippen LogP contribution is -2.28. The summed E-state index contributed by atoms with van der Waals surface area (Å²) in [6.07, 6.45) is 11.4. The first kappa shape index (κ1) is 22.0. The van der Waals surface area contributed by atoms with E-state index in [-0.39, 0.29) is 18.7 Å². The molecule has 1 aliphatic heterocycles. The minimum Gasteiger partial charge on any atom is -0.497 e. The second-order valence-corrected chi connectivity index (χ2v) is 6.68. The minimum atomic E-state index is -0.381. The molecule has 7 heteroatoms. The number of carbonyl (C=O) groups excluding carboxylic acids is 1. The van der Waals surface area contributed by atoms with Gasteiger partial charge in [0.25, 0.3) is 0 Å². The zero-order valence-corrected chi connectivity index (χ0v) is 17.4. The van der Waals surface area contributed by atoms with Crippen molar-refractivity contribution >= 4 is 11.7 Å². The van der Waals surface area contributed by atoms with E-state index in [1.165, 1.54) is 6.26 Å². The van der Waals surface area contributed by atoms with Crippen molar-refractivity contribution in [3.8, 4) is 0 Å². The molecule has 1 aromatic heterocycles. The Kier molecular flexibility index (Phi) is 8.55. The first-order chi connectivity index (χ1) is 15.2. The summed E-state index contributed by atoms with van der Waals surface area (Å²) in [6, 6.07) is 13.3. The van der Waals surface area contributed by atoms with E-state index in [2.05, 4.69) is 0 Å². The highest BCUT2D eigenvalue weighted by Gasteiger charge is 2.17. The minimum absolute atomic E-state index is 0.134. The number of hydrogen-bond donors (Lipinski definition) is 0. The van der Waals surface area contributed by atoms with Crippen LogP contribution in [0.2, 0.25) is 0 Å². The summed E-state index contributed by atoms with van der Waals surface area (Å²) in [5, 5.41) is 0. The molecule has 0 saturated heterocycles. The van der Waals surface area contributed by atoms with E-state index >= 15 is 0 Å². The number of carbonyl (C=O) groups is 1. The molecule has 0 fully saturated rings. The number of rotatable bonds is 10. The first-order valence-corrected chi connectivity index (χ1v) is 9.92. The maximum Gasteiger partial charge on any atom is 0.344 e. The number of aromatic nitrogens is 1. The lowest BCUT2D eigenvalue weighted by molar-refractivity contribution is -0.671. The summed E-state index contributed by atoms with van der Waals surface area (Å²) < 4.78 is 29.0. The van der Waals surface area contributed by atoms with Gasteiger partial charge in [-0.1, -0.05) is 30.3 Å². The largest absolute Gasteiger partial charge is 0.497 e. The second-order valence-electron chi connectivity index (χ2n) is 6.68.